The number of carbonyl (C=O) groups excluding carboxylic acids is 2. The zero-order valence-electron chi connectivity index (χ0n) is 21.9. The number of rotatable bonds is 8. The van der Waals surface area contributed by atoms with Crippen LogP contribution in [0.5, 0.6) is 0 Å². The van der Waals surface area contributed by atoms with Crippen LogP contribution in [0.3, 0.4) is 0 Å². The zero-order valence-corrected chi connectivity index (χ0v) is 21.9. The van der Waals surface area contributed by atoms with Crippen LogP contribution in [0.4, 0.5) is 23.0 Å². The fourth-order valence-corrected chi connectivity index (χ4v) is 3.98. The Kier molecular flexibility index (Phi) is 7.41. The van der Waals surface area contributed by atoms with Crippen LogP contribution in [0.1, 0.15) is 21.6 Å². The van der Waals surface area contributed by atoms with E-state index in [1.165, 1.54) is 6.08 Å². The van der Waals surface area contributed by atoms with Crippen molar-refractivity contribution in [3.05, 3.63) is 115 Å². The molecule has 5 rings (SSSR count). The molecule has 0 aliphatic carbocycles. The second-order valence-corrected chi connectivity index (χ2v) is 8.96. The molecule has 0 saturated carbocycles. The fraction of sp³-hybridized carbons (Fsp3) is 0.0667. The Balaban J connectivity index is 1.38. The summed E-state index contributed by atoms with van der Waals surface area (Å²) in [4.78, 5) is 42.6. The van der Waals surface area contributed by atoms with Crippen LogP contribution in [-0.4, -0.2) is 36.3 Å². The first kappa shape index (κ1) is 26.0. The van der Waals surface area contributed by atoms with Gasteiger partial charge in [0.2, 0.25) is 11.9 Å². The largest absolute Gasteiger partial charge is 0.324 e. The van der Waals surface area contributed by atoms with Crippen molar-refractivity contribution in [2.75, 3.05) is 16.0 Å². The van der Waals surface area contributed by atoms with E-state index >= 15 is 0 Å². The van der Waals surface area contributed by atoms with Crippen LogP contribution in [0.15, 0.2) is 98.4 Å². The molecule has 10 heteroatoms. The molecule has 2 aromatic carbocycles. The lowest BCUT2D eigenvalue weighted by molar-refractivity contribution is -0.111. The molecular formula is C30H26N8O2. The molecule has 0 radical (unpaired) electrons. The van der Waals surface area contributed by atoms with E-state index in [4.69, 9.17) is 0 Å². The highest BCUT2D eigenvalue weighted by Gasteiger charge is 2.14. The van der Waals surface area contributed by atoms with Crippen molar-refractivity contribution in [3.8, 4) is 16.9 Å². The minimum Gasteiger partial charge on any atom is -0.324 e. The van der Waals surface area contributed by atoms with E-state index in [0.717, 1.165) is 28.2 Å². The number of nitrogens with zero attached hydrogens (tertiary/aromatic N) is 5. The lowest BCUT2D eigenvalue weighted by atomic mass is 10.1. The highest BCUT2D eigenvalue weighted by atomic mass is 16.2. The molecule has 0 bridgehead atoms. The van der Waals surface area contributed by atoms with Gasteiger partial charge in [0.05, 0.1) is 29.1 Å². The number of nitrogens with one attached hydrogen (secondary N) is 3. The summed E-state index contributed by atoms with van der Waals surface area (Å²) in [5.41, 5.74) is 6.23. The van der Waals surface area contributed by atoms with Gasteiger partial charge in [-0.25, -0.2) is 15.0 Å². The van der Waals surface area contributed by atoms with Crippen molar-refractivity contribution >= 4 is 34.8 Å². The maximum atomic E-state index is 13.3. The Morgan fingerprint density at radius 3 is 2.58 bits per heavy atom. The minimum absolute atomic E-state index is 0.315. The number of aromatic nitrogens is 5. The van der Waals surface area contributed by atoms with Gasteiger partial charge in [-0.3, -0.25) is 14.6 Å². The highest BCUT2D eigenvalue weighted by molar-refractivity contribution is 6.06. The SMILES string of the molecule is C=CC(=O)Nc1ccc(C(=O)Nc2ccc(C)c(Nc3nccc(-c4cccnc4)n3)c2)cc1-n1cnc(C)c1. The molecule has 5 aromatic rings. The Hall–Kier alpha value is -5.64. The summed E-state index contributed by atoms with van der Waals surface area (Å²) in [5.74, 6) is -0.250. The topological polar surface area (TPSA) is 127 Å². The van der Waals surface area contributed by atoms with Crippen LogP contribution in [-0.2, 0) is 4.79 Å². The fourth-order valence-electron chi connectivity index (χ4n) is 3.98. The predicted octanol–water partition coefficient (Wildman–Crippen LogP) is 5.46. The molecule has 0 fully saturated rings. The van der Waals surface area contributed by atoms with Gasteiger partial charge in [-0.2, -0.15) is 0 Å². The summed E-state index contributed by atoms with van der Waals surface area (Å²) in [7, 11) is 0. The van der Waals surface area contributed by atoms with Gasteiger partial charge < -0.3 is 20.5 Å². The Morgan fingerprint density at radius 1 is 0.950 bits per heavy atom. The molecule has 0 saturated heterocycles. The molecular weight excluding hydrogens is 504 g/mol. The van der Waals surface area contributed by atoms with Crippen molar-refractivity contribution in [3.63, 3.8) is 0 Å². The lowest BCUT2D eigenvalue weighted by Gasteiger charge is -2.14. The predicted molar refractivity (Wildman–Crippen MR) is 155 cm³/mol. The Labute approximate surface area is 230 Å². The van der Waals surface area contributed by atoms with Gasteiger partial charge in [0.15, 0.2) is 0 Å². The molecule has 3 N–H and O–H groups in total. The molecule has 3 heterocycles. The number of pyridine rings is 1. The van der Waals surface area contributed by atoms with Crippen molar-refractivity contribution in [1.82, 2.24) is 24.5 Å². The highest BCUT2D eigenvalue weighted by Crippen LogP contribution is 2.26. The number of hydrogen-bond donors (Lipinski definition) is 3. The van der Waals surface area contributed by atoms with Crippen molar-refractivity contribution < 1.29 is 9.59 Å². The van der Waals surface area contributed by atoms with Gasteiger partial charge in [-0.05, 0) is 74.0 Å². The molecule has 10 nitrogen and oxygen atoms in total. The number of anilines is 4. The molecule has 0 aliphatic heterocycles. The van der Waals surface area contributed by atoms with Gasteiger partial charge in [-0.15, -0.1) is 0 Å². The van der Waals surface area contributed by atoms with Crippen LogP contribution in [0.25, 0.3) is 16.9 Å². The zero-order chi connectivity index (χ0) is 28.1. The first-order chi connectivity index (χ1) is 19.4. The van der Waals surface area contributed by atoms with E-state index in [2.05, 4.69) is 42.5 Å². The van der Waals surface area contributed by atoms with Crippen LogP contribution in [0, 0.1) is 13.8 Å². The van der Waals surface area contributed by atoms with Gasteiger partial charge in [0, 0.05) is 47.3 Å². The molecule has 0 spiro atoms. The molecule has 2 amide bonds. The van der Waals surface area contributed by atoms with Crippen molar-refractivity contribution in [1.29, 1.82) is 0 Å². The summed E-state index contributed by atoms with van der Waals surface area (Å²) in [5, 5.41) is 8.97. The van der Waals surface area contributed by atoms with E-state index in [-0.39, 0.29) is 11.8 Å². The second kappa shape index (κ2) is 11.4. The van der Waals surface area contributed by atoms with Gasteiger partial charge in [0.1, 0.15) is 0 Å². The van der Waals surface area contributed by atoms with Crippen LogP contribution < -0.4 is 16.0 Å². The van der Waals surface area contributed by atoms with Crippen LogP contribution in [0.2, 0.25) is 0 Å². The summed E-state index contributed by atoms with van der Waals surface area (Å²) >= 11 is 0. The van der Waals surface area contributed by atoms with Crippen molar-refractivity contribution in [2.24, 2.45) is 0 Å². The van der Waals surface area contributed by atoms with Crippen molar-refractivity contribution in [2.45, 2.75) is 13.8 Å². The third kappa shape index (κ3) is 5.91. The minimum atomic E-state index is -0.357. The number of benzene rings is 2. The quantitative estimate of drug-likeness (QED) is 0.227. The van der Waals surface area contributed by atoms with E-state index < -0.39 is 0 Å². The maximum Gasteiger partial charge on any atom is 0.255 e. The lowest BCUT2D eigenvalue weighted by Crippen LogP contribution is -2.15. The van der Waals surface area contributed by atoms with E-state index in [1.54, 1.807) is 47.7 Å². The first-order valence-electron chi connectivity index (χ1n) is 12.4. The Bertz CT molecular complexity index is 1710. The summed E-state index contributed by atoms with van der Waals surface area (Å²) in [6.45, 7) is 7.32. The molecule has 0 unspecified atom stereocenters. The third-order valence-electron chi connectivity index (χ3n) is 6.05. The third-order valence-corrected chi connectivity index (χ3v) is 6.05. The second-order valence-electron chi connectivity index (χ2n) is 8.96. The normalized spacial score (nSPS) is 10.6. The molecule has 40 heavy (non-hydrogen) atoms. The monoisotopic (exact) mass is 530 g/mol. The summed E-state index contributed by atoms with van der Waals surface area (Å²) < 4.78 is 1.75. The van der Waals surface area contributed by atoms with Crippen LogP contribution >= 0.6 is 0 Å². The Morgan fingerprint density at radius 2 is 1.82 bits per heavy atom. The number of imidazole rings is 1. The van der Waals surface area contributed by atoms with E-state index in [1.807, 2.05) is 56.4 Å². The average Bonchev–Trinajstić information content (AvgIpc) is 3.41. The average molecular weight is 531 g/mol. The molecule has 3 aromatic heterocycles. The van der Waals surface area contributed by atoms with E-state index in [9.17, 15) is 9.59 Å². The summed E-state index contributed by atoms with van der Waals surface area (Å²) in [6, 6.07) is 16.2. The number of hydrogen-bond acceptors (Lipinski definition) is 7. The van der Waals surface area contributed by atoms with Gasteiger partial charge in [-0.1, -0.05) is 12.6 Å². The molecule has 0 aliphatic rings. The number of aryl methyl sites for hydroxylation is 2. The first-order valence-corrected chi connectivity index (χ1v) is 12.4. The number of amides is 2. The summed E-state index contributed by atoms with van der Waals surface area (Å²) in [6.07, 6.45) is 9.75. The maximum absolute atomic E-state index is 13.3. The number of carbonyl (C=O) groups is 2. The molecule has 0 atom stereocenters. The van der Waals surface area contributed by atoms with Gasteiger partial charge >= 0.3 is 0 Å². The standard InChI is InChI=1S/C30H26N8O2/c1-4-28(39)35-25-10-8-21(14-27(25)38-17-20(3)33-18-38)29(40)34-23-9-7-19(2)26(15-23)37-30-32-13-11-24(36-30)22-6-5-12-31-16-22/h4-18H,1H2,2-3H3,(H,34,40)(H,35,39)(H,32,36,37). The molecule has 198 valence electrons. The van der Waals surface area contributed by atoms with Gasteiger partial charge in [0.25, 0.3) is 5.91 Å². The smallest absolute Gasteiger partial charge is 0.255 e. The van der Waals surface area contributed by atoms with E-state index in [0.29, 0.717) is 28.6 Å².